The first kappa shape index (κ1) is 21.2. The maximum absolute atomic E-state index is 12.5. The molecule has 0 unspecified atom stereocenters. The van der Waals surface area contributed by atoms with Crippen molar-refractivity contribution in [1.82, 2.24) is 31.8 Å². The van der Waals surface area contributed by atoms with Crippen LogP contribution in [0.5, 0.6) is 11.5 Å². The number of carbonyl (C=O) groups is 2. The summed E-state index contributed by atoms with van der Waals surface area (Å²) in [6, 6.07) is 14.3. The SMILES string of the molecule is O=C(Cc1ccc2c(c1)OCO2)Nc1cc(C(=O)NCc2ccc(C3=NNNN3)cc2)ncn1. The Hall–Kier alpha value is -4.71. The van der Waals surface area contributed by atoms with E-state index in [2.05, 4.69) is 42.2 Å². The van der Waals surface area contributed by atoms with Crippen LogP contribution in [-0.4, -0.2) is 34.4 Å². The van der Waals surface area contributed by atoms with Gasteiger partial charge in [-0.1, -0.05) is 30.3 Å². The van der Waals surface area contributed by atoms with Gasteiger partial charge in [0.15, 0.2) is 17.3 Å². The van der Waals surface area contributed by atoms with Crippen molar-refractivity contribution in [3.05, 3.63) is 77.2 Å². The maximum atomic E-state index is 12.5. The highest BCUT2D eigenvalue weighted by Crippen LogP contribution is 2.32. The summed E-state index contributed by atoms with van der Waals surface area (Å²) in [6.07, 6.45) is 1.35. The van der Waals surface area contributed by atoms with Gasteiger partial charge in [-0.25, -0.2) is 15.5 Å². The van der Waals surface area contributed by atoms with E-state index in [1.54, 1.807) is 18.2 Å². The van der Waals surface area contributed by atoms with Gasteiger partial charge in [0.05, 0.1) is 6.42 Å². The van der Waals surface area contributed by atoms with Gasteiger partial charge in [-0.3, -0.25) is 15.0 Å². The standard InChI is InChI=1S/C22H20N8O4/c31-20(8-14-3-6-17-18(7-14)34-12-33-17)26-19-9-16(24-11-25-19)22(32)23-10-13-1-4-15(5-2-13)21-27-29-30-28-21/h1-7,9,11,29-30H,8,10,12H2,(H,23,32)(H,27,28)(H,24,25,26,31). The van der Waals surface area contributed by atoms with Crippen LogP contribution in [0.15, 0.2) is 60.0 Å². The van der Waals surface area contributed by atoms with Crippen LogP contribution in [0.25, 0.3) is 0 Å². The van der Waals surface area contributed by atoms with Crippen molar-refractivity contribution in [2.45, 2.75) is 13.0 Å². The first-order valence-electron chi connectivity index (χ1n) is 10.4. The third kappa shape index (κ3) is 4.86. The summed E-state index contributed by atoms with van der Waals surface area (Å²) < 4.78 is 10.6. The Labute approximate surface area is 193 Å². The lowest BCUT2D eigenvalue weighted by Gasteiger charge is -2.08. The summed E-state index contributed by atoms with van der Waals surface area (Å²) in [7, 11) is 0. The molecule has 2 amide bonds. The maximum Gasteiger partial charge on any atom is 0.270 e. The van der Waals surface area contributed by atoms with Crippen molar-refractivity contribution < 1.29 is 19.1 Å². The minimum atomic E-state index is -0.381. The fraction of sp³-hybridized carbons (Fsp3) is 0.136. The molecule has 12 nitrogen and oxygen atoms in total. The molecule has 0 saturated heterocycles. The Kier molecular flexibility index (Phi) is 5.86. The molecule has 0 atom stereocenters. The number of fused-ring (bicyclic) bond motifs is 1. The second-order valence-electron chi connectivity index (χ2n) is 7.40. The Morgan fingerprint density at radius 1 is 0.971 bits per heavy atom. The molecular formula is C22H20N8O4. The molecule has 12 heteroatoms. The molecule has 2 aliphatic rings. The van der Waals surface area contributed by atoms with Gasteiger partial charge < -0.3 is 20.1 Å². The summed E-state index contributed by atoms with van der Waals surface area (Å²) in [5, 5.41) is 9.54. The minimum absolute atomic E-state index is 0.117. The van der Waals surface area contributed by atoms with Gasteiger partial charge >= 0.3 is 0 Å². The molecule has 0 bridgehead atoms. The largest absolute Gasteiger partial charge is 0.454 e. The zero-order valence-electron chi connectivity index (χ0n) is 17.8. The number of rotatable bonds is 7. The lowest BCUT2D eigenvalue weighted by Crippen LogP contribution is -2.35. The summed E-state index contributed by atoms with van der Waals surface area (Å²) in [6.45, 7) is 0.482. The first-order valence-corrected chi connectivity index (χ1v) is 10.4. The molecule has 1 aromatic heterocycles. The quantitative estimate of drug-likeness (QED) is 0.341. The number of hydrazone groups is 1. The number of nitrogens with zero attached hydrogens (tertiary/aromatic N) is 3. The van der Waals surface area contributed by atoms with Gasteiger partial charge in [0, 0.05) is 18.2 Å². The number of anilines is 1. The normalized spacial score (nSPS) is 13.5. The molecule has 3 aromatic rings. The minimum Gasteiger partial charge on any atom is -0.454 e. The molecule has 0 aliphatic carbocycles. The van der Waals surface area contributed by atoms with Crippen molar-refractivity contribution in [1.29, 1.82) is 0 Å². The Balaban J connectivity index is 1.15. The van der Waals surface area contributed by atoms with Crippen molar-refractivity contribution >= 4 is 23.5 Å². The number of hydrogen-bond acceptors (Lipinski definition) is 10. The van der Waals surface area contributed by atoms with E-state index < -0.39 is 0 Å². The third-order valence-corrected chi connectivity index (χ3v) is 5.05. The molecular weight excluding hydrogens is 440 g/mol. The van der Waals surface area contributed by atoms with Crippen LogP contribution in [0.1, 0.15) is 27.2 Å². The van der Waals surface area contributed by atoms with Gasteiger partial charge in [0.25, 0.3) is 5.91 Å². The van der Waals surface area contributed by atoms with Crippen LogP contribution in [0, 0.1) is 0 Å². The fourth-order valence-corrected chi connectivity index (χ4v) is 3.36. The molecule has 0 radical (unpaired) electrons. The highest BCUT2D eigenvalue weighted by molar-refractivity contribution is 5.99. The molecule has 3 heterocycles. The highest BCUT2D eigenvalue weighted by atomic mass is 16.7. The van der Waals surface area contributed by atoms with Crippen molar-refractivity contribution in [2.75, 3.05) is 12.1 Å². The van der Waals surface area contributed by atoms with E-state index in [0.717, 1.165) is 16.7 Å². The number of amidine groups is 1. The Morgan fingerprint density at radius 3 is 2.62 bits per heavy atom. The van der Waals surface area contributed by atoms with Gasteiger partial charge in [-0.05, 0) is 23.3 Å². The lowest BCUT2D eigenvalue weighted by atomic mass is 10.1. The van der Waals surface area contributed by atoms with Crippen molar-refractivity contribution in [2.24, 2.45) is 5.10 Å². The molecule has 2 aliphatic heterocycles. The smallest absolute Gasteiger partial charge is 0.270 e. The number of aromatic nitrogens is 2. The number of hydrazine groups is 2. The zero-order valence-corrected chi connectivity index (χ0v) is 17.8. The second-order valence-corrected chi connectivity index (χ2v) is 7.40. The van der Waals surface area contributed by atoms with Crippen LogP contribution >= 0.6 is 0 Å². The second kappa shape index (κ2) is 9.42. The van der Waals surface area contributed by atoms with Crippen molar-refractivity contribution in [3.8, 4) is 11.5 Å². The predicted octanol–water partition coefficient (Wildman–Crippen LogP) is 0.590. The molecule has 0 fully saturated rings. The topological polar surface area (TPSA) is 151 Å². The van der Waals surface area contributed by atoms with Gasteiger partial charge in [-0.15, -0.1) is 10.6 Å². The molecule has 5 N–H and O–H groups in total. The summed E-state index contributed by atoms with van der Waals surface area (Å²) in [5.74, 6) is 1.51. The number of benzene rings is 2. The van der Waals surface area contributed by atoms with Crippen LogP contribution in [0.2, 0.25) is 0 Å². The van der Waals surface area contributed by atoms with E-state index in [0.29, 0.717) is 23.9 Å². The van der Waals surface area contributed by atoms with Gasteiger partial charge in [-0.2, -0.15) is 0 Å². The monoisotopic (exact) mass is 460 g/mol. The Morgan fingerprint density at radius 2 is 1.79 bits per heavy atom. The number of carbonyl (C=O) groups excluding carboxylic acids is 2. The molecule has 0 saturated carbocycles. The first-order chi connectivity index (χ1) is 16.6. The predicted molar refractivity (Wildman–Crippen MR) is 120 cm³/mol. The average Bonchev–Trinajstić information content (AvgIpc) is 3.55. The summed E-state index contributed by atoms with van der Waals surface area (Å²) >= 11 is 0. The number of hydrogen-bond donors (Lipinski definition) is 5. The van der Waals surface area contributed by atoms with E-state index in [9.17, 15) is 9.59 Å². The molecule has 5 rings (SSSR count). The lowest BCUT2D eigenvalue weighted by molar-refractivity contribution is -0.115. The van der Waals surface area contributed by atoms with Crippen molar-refractivity contribution in [3.63, 3.8) is 0 Å². The fourth-order valence-electron chi connectivity index (χ4n) is 3.36. The summed E-state index contributed by atoms with van der Waals surface area (Å²) in [4.78, 5) is 33.0. The van der Waals surface area contributed by atoms with Gasteiger partial charge in [0.1, 0.15) is 17.8 Å². The highest BCUT2D eigenvalue weighted by Gasteiger charge is 2.15. The van der Waals surface area contributed by atoms with E-state index in [4.69, 9.17) is 9.47 Å². The number of nitrogens with one attached hydrogen (secondary N) is 5. The average molecular weight is 460 g/mol. The number of amides is 2. The third-order valence-electron chi connectivity index (χ3n) is 5.05. The molecule has 172 valence electrons. The molecule has 34 heavy (non-hydrogen) atoms. The summed E-state index contributed by atoms with van der Waals surface area (Å²) in [5.41, 5.74) is 10.9. The zero-order chi connectivity index (χ0) is 23.3. The van der Waals surface area contributed by atoms with E-state index >= 15 is 0 Å². The number of ether oxygens (including phenoxy) is 2. The van der Waals surface area contributed by atoms with Crippen LogP contribution in [-0.2, 0) is 17.8 Å². The molecule has 0 spiro atoms. The Bertz CT molecular complexity index is 1260. The van der Waals surface area contributed by atoms with Crippen LogP contribution < -0.4 is 36.6 Å². The van der Waals surface area contributed by atoms with Crippen LogP contribution in [0.4, 0.5) is 5.82 Å². The van der Waals surface area contributed by atoms with Crippen LogP contribution in [0.3, 0.4) is 0 Å². The van der Waals surface area contributed by atoms with E-state index in [-0.39, 0.29) is 36.5 Å². The van der Waals surface area contributed by atoms with E-state index in [1.807, 2.05) is 24.3 Å². The molecule has 2 aromatic carbocycles. The van der Waals surface area contributed by atoms with Gasteiger partial charge in [0.2, 0.25) is 12.7 Å². The van der Waals surface area contributed by atoms with E-state index in [1.165, 1.54) is 12.4 Å².